The Morgan fingerprint density at radius 2 is 1.85 bits per heavy atom. The lowest BCUT2D eigenvalue weighted by Crippen LogP contribution is -2.34. The highest BCUT2D eigenvalue weighted by Crippen LogP contribution is 2.36. The Kier molecular flexibility index (Phi) is 5.43. The summed E-state index contributed by atoms with van der Waals surface area (Å²) in [6.07, 6.45) is 0. The molecule has 4 N–H and O–H groups in total. The molecule has 3 aromatic rings. The Labute approximate surface area is 168 Å². The van der Waals surface area contributed by atoms with E-state index < -0.39 is 11.8 Å². The first-order valence-electron chi connectivity index (χ1n) is 7.25. The van der Waals surface area contributed by atoms with Gasteiger partial charge >= 0.3 is 0 Å². The topological polar surface area (TPSA) is 84.2 Å². The lowest BCUT2D eigenvalue weighted by Gasteiger charge is -2.11. The van der Waals surface area contributed by atoms with Gasteiger partial charge in [-0.15, -0.1) is 11.3 Å². The molecular weight excluding hydrogens is 413 g/mol. The van der Waals surface area contributed by atoms with Crippen LogP contribution < -0.4 is 16.4 Å². The van der Waals surface area contributed by atoms with Gasteiger partial charge < -0.3 is 11.1 Å². The van der Waals surface area contributed by atoms with Crippen LogP contribution in [0.2, 0.25) is 10.0 Å². The van der Waals surface area contributed by atoms with Crippen molar-refractivity contribution in [2.75, 3.05) is 5.32 Å². The number of thiophene rings is 1. The molecule has 0 saturated heterocycles. The smallest absolute Gasteiger partial charge is 0.269 e. The molecule has 0 radical (unpaired) electrons. The minimum absolute atomic E-state index is 0.0234. The van der Waals surface area contributed by atoms with Crippen LogP contribution in [0.3, 0.4) is 0 Å². The summed E-state index contributed by atoms with van der Waals surface area (Å²) >= 11 is 18.6. The monoisotopic (exact) mass is 423 g/mol. The number of para-hydroxylation sites is 1. The molecule has 132 valence electrons. The third kappa shape index (κ3) is 3.81. The van der Waals surface area contributed by atoms with Gasteiger partial charge in [-0.05, 0) is 36.5 Å². The number of hydrogen-bond acceptors (Lipinski definition) is 4. The molecule has 5 nitrogen and oxygen atoms in total. The molecule has 1 aromatic heterocycles. The van der Waals surface area contributed by atoms with Crippen LogP contribution in [-0.2, 0) is 0 Å². The number of benzene rings is 2. The predicted molar refractivity (Wildman–Crippen MR) is 110 cm³/mol. The summed E-state index contributed by atoms with van der Waals surface area (Å²) in [5.41, 5.74) is 5.99. The fourth-order valence-electron chi connectivity index (χ4n) is 2.31. The number of anilines is 1. The number of primary amides is 1. The van der Waals surface area contributed by atoms with Gasteiger partial charge in [0.05, 0.1) is 16.3 Å². The standard InChI is InChI=1S/C17H11Cl2N3O2S2/c18-8-5-6-10-12(7-8)26-14(13(10)19)16(24)22-17(25)21-11-4-2-1-3-9(11)15(20)23/h1-7H,(H2,20,23)(H2,21,22,24,25). The second-order valence-corrected chi connectivity index (χ2v) is 7.48. The van der Waals surface area contributed by atoms with Crippen LogP contribution in [-0.4, -0.2) is 16.9 Å². The molecule has 0 saturated carbocycles. The zero-order valence-corrected chi connectivity index (χ0v) is 16.2. The van der Waals surface area contributed by atoms with Crippen molar-refractivity contribution in [2.24, 2.45) is 5.73 Å². The third-order valence-electron chi connectivity index (χ3n) is 3.47. The number of nitrogens with two attached hydrogens (primary N) is 1. The number of rotatable bonds is 3. The van der Waals surface area contributed by atoms with Gasteiger partial charge in [0.25, 0.3) is 11.8 Å². The van der Waals surface area contributed by atoms with Crippen LogP contribution in [0.4, 0.5) is 5.69 Å². The van der Waals surface area contributed by atoms with E-state index >= 15 is 0 Å². The molecule has 0 unspecified atom stereocenters. The Morgan fingerprint density at radius 3 is 2.58 bits per heavy atom. The van der Waals surface area contributed by atoms with Crippen LogP contribution >= 0.6 is 46.8 Å². The molecule has 3 rings (SSSR count). The van der Waals surface area contributed by atoms with E-state index in [1.165, 1.54) is 11.3 Å². The van der Waals surface area contributed by atoms with Crippen LogP contribution in [0.1, 0.15) is 20.0 Å². The summed E-state index contributed by atoms with van der Waals surface area (Å²) in [5, 5.41) is 7.00. The van der Waals surface area contributed by atoms with Crippen LogP contribution in [0, 0.1) is 0 Å². The first-order valence-corrected chi connectivity index (χ1v) is 9.23. The van der Waals surface area contributed by atoms with Crippen molar-refractivity contribution in [3.8, 4) is 0 Å². The van der Waals surface area contributed by atoms with Crippen molar-refractivity contribution < 1.29 is 9.59 Å². The molecule has 2 aromatic carbocycles. The number of hydrogen-bond donors (Lipinski definition) is 3. The van der Waals surface area contributed by atoms with E-state index in [0.717, 1.165) is 10.1 Å². The summed E-state index contributed by atoms with van der Waals surface area (Å²) in [6.45, 7) is 0. The number of nitrogens with one attached hydrogen (secondary N) is 2. The Morgan fingerprint density at radius 1 is 1.12 bits per heavy atom. The normalized spacial score (nSPS) is 10.5. The molecule has 0 atom stereocenters. The molecule has 26 heavy (non-hydrogen) atoms. The number of carbonyl (C=O) groups is 2. The second kappa shape index (κ2) is 7.59. The first-order chi connectivity index (χ1) is 12.4. The average molecular weight is 424 g/mol. The van der Waals surface area contributed by atoms with E-state index in [2.05, 4.69) is 10.6 Å². The summed E-state index contributed by atoms with van der Waals surface area (Å²) in [6, 6.07) is 11.8. The van der Waals surface area contributed by atoms with Gasteiger partial charge in [0.2, 0.25) is 0 Å². The number of amides is 2. The van der Waals surface area contributed by atoms with Crippen molar-refractivity contribution >= 4 is 79.5 Å². The van der Waals surface area contributed by atoms with Gasteiger partial charge in [-0.1, -0.05) is 41.4 Å². The molecule has 0 fully saturated rings. The number of thiocarbonyl (C=S) groups is 1. The molecular formula is C17H11Cl2N3O2S2. The molecule has 0 aliphatic rings. The summed E-state index contributed by atoms with van der Waals surface area (Å²) in [5.74, 6) is -1.06. The third-order valence-corrected chi connectivity index (χ3v) is 5.56. The molecule has 0 spiro atoms. The minimum atomic E-state index is -0.605. The lowest BCUT2D eigenvalue weighted by molar-refractivity contribution is 0.0979. The first kappa shape index (κ1) is 18.6. The SMILES string of the molecule is NC(=O)c1ccccc1NC(=S)NC(=O)c1sc2cc(Cl)ccc2c1Cl. The highest BCUT2D eigenvalue weighted by atomic mass is 35.5. The molecule has 0 bridgehead atoms. The van der Waals surface area contributed by atoms with Crippen LogP contribution in [0.15, 0.2) is 42.5 Å². The van der Waals surface area contributed by atoms with Gasteiger partial charge in [-0.3, -0.25) is 14.9 Å². The molecule has 0 aliphatic carbocycles. The van der Waals surface area contributed by atoms with Crippen molar-refractivity contribution in [2.45, 2.75) is 0 Å². The van der Waals surface area contributed by atoms with Crippen LogP contribution in [0.25, 0.3) is 10.1 Å². The van der Waals surface area contributed by atoms with Crippen LogP contribution in [0.5, 0.6) is 0 Å². The second-order valence-electron chi connectivity index (χ2n) is 5.20. The zero-order valence-electron chi connectivity index (χ0n) is 13.0. The minimum Gasteiger partial charge on any atom is -0.366 e. The van der Waals surface area contributed by atoms with Gasteiger partial charge in [0, 0.05) is 15.1 Å². The maximum absolute atomic E-state index is 12.5. The number of carbonyl (C=O) groups excluding carboxylic acids is 2. The van der Waals surface area contributed by atoms with E-state index in [0.29, 0.717) is 20.6 Å². The van der Waals surface area contributed by atoms with Crippen molar-refractivity contribution in [3.05, 3.63) is 63.0 Å². The van der Waals surface area contributed by atoms with Crippen molar-refractivity contribution in [1.29, 1.82) is 0 Å². The van der Waals surface area contributed by atoms with E-state index in [1.807, 2.05) is 0 Å². The van der Waals surface area contributed by atoms with E-state index in [1.54, 1.807) is 42.5 Å². The maximum atomic E-state index is 12.5. The maximum Gasteiger partial charge on any atom is 0.269 e. The quantitative estimate of drug-likeness (QED) is 0.543. The van der Waals surface area contributed by atoms with Crippen molar-refractivity contribution in [3.63, 3.8) is 0 Å². The Balaban J connectivity index is 1.79. The summed E-state index contributed by atoms with van der Waals surface area (Å²) in [7, 11) is 0. The Hall–Kier alpha value is -2.19. The predicted octanol–water partition coefficient (Wildman–Crippen LogP) is 4.43. The lowest BCUT2D eigenvalue weighted by atomic mass is 10.1. The fourth-order valence-corrected chi connectivity index (χ4v) is 4.20. The Bertz CT molecular complexity index is 1050. The van der Waals surface area contributed by atoms with Gasteiger partial charge in [0.15, 0.2) is 5.11 Å². The van der Waals surface area contributed by atoms with E-state index in [-0.39, 0.29) is 10.7 Å². The van der Waals surface area contributed by atoms with Gasteiger partial charge in [-0.2, -0.15) is 0 Å². The fraction of sp³-hybridized carbons (Fsp3) is 0. The molecule has 0 aliphatic heterocycles. The van der Waals surface area contributed by atoms with E-state index in [4.69, 9.17) is 41.2 Å². The summed E-state index contributed by atoms with van der Waals surface area (Å²) in [4.78, 5) is 24.3. The number of fused-ring (bicyclic) bond motifs is 1. The van der Waals surface area contributed by atoms with E-state index in [9.17, 15) is 9.59 Å². The molecule has 1 heterocycles. The average Bonchev–Trinajstić information content (AvgIpc) is 2.91. The van der Waals surface area contributed by atoms with Gasteiger partial charge in [0.1, 0.15) is 4.88 Å². The van der Waals surface area contributed by atoms with Crippen molar-refractivity contribution in [1.82, 2.24) is 5.32 Å². The molecule has 9 heteroatoms. The zero-order chi connectivity index (χ0) is 18.8. The molecule has 2 amide bonds. The highest BCUT2D eigenvalue weighted by Gasteiger charge is 2.19. The summed E-state index contributed by atoms with van der Waals surface area (Å²) < 4.78 is 0.797. The number of halogens is 2. The highest BCUT2D eigenvalue weighted by molar-refractivity contribution is 7.80. The van der Waals surface area contributed by atoms with Gasteiger partial charge in [-0.25, -0.2) is 0 Å². The largest absolute Gasteiger partial charge is 0.366 e.